The van der Waals surface area contributed by atoms with Gasteiger partial charge in [0.05, 0.1) is 36.0 Å². The van der Waals surface area contributed by atoms with E-state index in [4.69, 9.17) is 26.8 Å². The van der Waals surface area contributed by atoms with Crippen LogP contribution in [0.3, 0.4) is 0 Å². The van der Waals surface area contributed by atoms with E-state index in [-0.39, 0.29) is 30.0 Å². The maximum Gasteiger partial charge on any atom is 0.320 e. The highest BCUT2D eigenvalue weighted by Crippen LogP contribution is 2.35. The number of fused-ring (bicyclic) bond motifs is 2. The van der Waals surface area contributed by atoms with Gasteiger partial charge in [0.1, 0.15) is 5.75 Å². The SMILES string of the molecule is CCOC(=O)CN1C2CCCC1CC(NC(=O)c1cc(Cl)c(N)cc1OCC)C2. The summed E-state index contributed by atoms with van der Waals surface area (Å²) in [6.07, 6.45) is 4.83. The molecule has 0 aliphatic carbocycles. The highest BCUT2D eigenvalue weighted by atomic mass is 35.5. The smallest absolute Gasteiger partial charge is 0.320 e. The second kappa shape index (κ2) is 9.67. The molecular weight excluding hydrogens is 394 g/mol. The molecule has 1 aromatic carbocycles. The number of benzene rings is 1. The van der Waals surface area contributed by atoms with Crippen molar-refractivity contribution in [2.24, 2.45) is 0 Å². The maximum absolute atomic E-state index is 13.0. The molecular formula is C21H30ClN3O4. The van der Waals surface area contributed by atoms with Gasteiger partial charge in [-0.3, -0.25) is 14.5 Å². The lowest BCUT2D eigenvalue weighted by molar-refractivity contribution is -0.147. The van der Waals surface area contributed by atoms with Crippen molar-refractivity contribution in [3.63, 3.8) is 0 Å². The summed E-state index contributed by atoms with van der Waals surface area (Å²) in [6, 6.07) is 3.75. The lowest BCUT2D eigenvalue weighted by Gasteiger charge is -2.48. The number of rotatable bonds is 7. The van der Waals surface area contributed by atoms with E-state index in [1.165, 1.54) is 0 Å². The minimum absolute atomic E-state index is 0.0436. The van der Waals surface area contributed by atoms with E-state index in [1.807, 2.05) is 13.8 Å². The fraction of sp³-hybridized carbons (Fsp3) is 0.619. The molecule has 1 amide bonds. The molecule has 29 heavy (non-hydrogen) atoms. The summed E-state index contributed by atoms with van der Waals surface area (Å²) in [5.74, 6) is 0.0499. The minimum atomic E-state index is -0.211. The second-order valence-electron chi connectivity index (χ2n) is 7.66. The summed E-state index contributed by atoms with van der Waals surface area (Å²) in [5, 5.41) is 3.48. The Labute approximate surface area is 176 Å². The Morgan fingerprint density at radius 2 is 1.90 bits per heavy atom. The zero-order chi connectivity index (χ0) is 21.0. The Morgan fingerprint density at radius 3 is 2.52 bits per heavy atom. The Kier molecular flexibility index (Phi) is 7.24. The van der Waals surface area contributed by atoms with Gasteiger partial charge >= 0.3 is 5.97 Å². The van der Waals surface area contributed by atoms with Crippen molar-refractivity contribution in [2.75, 3.05) is 25.5 Å². The van der Waals surface area contributed by atoms with Crippen molar-refractivity contribution < 1.29 is 19.1 Å². The first-order valence-corrected chi connectivity index (χ1v) is 10.7. The predicted octanol–water partition coefficient (Wildman–Crippen LogP) is 3.00. The van der Waals surface area contributed by atoms with Crippen LogP contribution in [-0.4, -0.2) is 54.7 Å². The van der Waals surface area contributed by atoms with Gasteiger partial charge in [-0.1, -0.05) is 18.0 Å². The van der Waals surface area contributed by atoms with Crippen molar-refractivity contribution in [3.05, 3.63) is 22.7 Å². The number of nitrogen functional groups attached to an aromatic ring is 1. The first kappa shape index (κ1) is 21.7. The largest absolute Gasteiger partial charge is 0.493 e. The third-order valence-corrected chi connectivity index (χ3v) is 6.05. The topological polar surface area (TPSA) is 93.9 Å². The summed E-state index contributed by atoms with van der Waals surface area (Å²) in [7, 11) is 0. The number of carbonyl (C=O) groups excluding carboxylic acids is 2. The third kappa shape index (κ3) is 5.14. The molecule has 0 aromatic heterocycles. The number of nitrogens with two attached hydrogens (primary N) is 1. The molecule has 2 heterocycles. The van der Waals surface area contributed by atoms with Crippen LogP contribution < -0.4 is 15.8 Å². The quantitative estimate of drug-likeness (QED) is 0.517. The van der Waals surface area contributed by atoms with E-state index in [1.54, 1.807) is 12.1 Å². The van der Waals surface area contributed by atoms with Crippen molar-refractivity contribution in [1.82, 2.24) is 10.2 Å². The molecule has 2 aliphatic heterocycles. The molecule has 0 radical (unpaired) electrons. The van der Waals surface area contributed by atoms with Crippen molar-refractivity contribution in [1.29, 1.82) is 0 Å². The van der Waals surface area contributed by atoms with Gasteiger partial charge in [-0.05, 0) is 45.6 Å². The normalized spacial score (nSPS) is 24.0. The predicted molar refractivity (Wildman–Crippen MR) is 112 cm³/mol. The summed E-state index contributed by atoms with van der Waals surface area (Å²) >= 11 is 6.13. The fourth-order valence-electron chi connectivity index (χ4n) is 4.49. The van der Waals surface area contributed by atoms with Crippen LogP contribution in [-0.2, 0) is 9.53 Å². The van der Waals surface area contributed by atoms with Crippen LogP contribution >= 0.6 is 11.6 Å². The number of hydrogen-bond donors (Lipinski definition) is 2. The van der Waals surface area contributed by atoms with Gasteiger partial charge in [0, 0.05) is 24.2 Å². The summed E-state index contributed by atoms with van der Waals surface area (Å²) < 4.78 is 10.7. The second-order valence-corrected chi connectivity index (χ2v) is 8.07. The number of amides is 1. The molecule has 160 valence electrons. The molecule has 2 saturated heterocycles. The number of carbonyl (C=O) groups is 2. The number of halogens is 1. The van der Waals surface area contributed by atoms with Crippen LogP contribution in [0.4, 0.5) is 5.69 Å². The van der Waals surface area contributed by atoms with Gasteiger partial charge in [0.2, 0.25) is 0 Å². The molecule has 2 bridgehead atoms. The Morgan fingerprint density at radius 1 is 1.21 bits per heavy atom. The molecule has 2 aliphatic rings. The van der Waals surface area contributed by atoms with Crippen LogP contribution in [0.15, 0.2) is 12.1 Å². The number of hydrogen-bond acceptors (Lipinski definition) is 6. The lowest BCUT2D eigenvalue weighted by Crippen LogP contribution is -2.58. The van der Waals surface area contributed by atoms with Crippen LogP contribution in [0.2, 0.25) is 5.02 Å². The van der Waals surface area contributed by atoms with Gasteiger partial charge in [-0.25, -0.2) is 0 Å². The van der Waals surface area contributed by atoms with Crippen LogP contribution in [0, 0.1) is 0 Å². The summed E-state index contributed by atoms with van der Waals surface area (Å²) in [4.78, 5) is 27.2. The van der Waals surface area contributed by atoms with E-state index in [0.29, 0.717) is 41.8 Å². The number of nitrogens with one attached hydrogen (secondary N) is 1. The monoisotopic (exact) mass is 423 g/mol. The Balaban J connectivity index is 1.68. The van der Waals surface area contributed by atoms with Gasteiger partial charge < -0.3 is 20.5 Å². The maximum atomic E-state index is 13.0. The first-order valence-electron chi connectivity index (χ1n) is 10.4. The van der Waals surface area contributed by atoms with E-state index in [2.05, 4.69) is 10.2 Å². The third-order valence-electron chi connectivity index (χ3n) is 5.72. The van der Waals surface area contributed by atoms with Crippen LogP contribution in [0.25, 0.3) is 0 Å². The Bertz CT molecular complexity index is 744. The highest BCUT2D eigenvalue weighted by molar-refractivity contribution is 6.33. The number of nitrogens with zero attached hydrogens (tertiary/aromatic N) is 1. The molecule has 7 nitrogen and oxygen atoms in total. The molecule has 2 atom stereocenters. The molecule has 2 unspecified atom stereocenters. The standard InChI is InChI=1S/C21H30ClN3O4/c1-3-28-19-11-18(23)17(22)10-16(19)21(27)24-13-8-14-6-5-7-15(9-13)25(14)12-20(26)29-4-2/h10-11,13-15H,3-9,12,23H2,1-2H3,(H,24,27). The molecule has 0 spiro atoms. The zero-order valence-electron chi connectivity index (χ0n) is 17.1. The molecule has 3 rings (SSSR count). The average molecular weight is 424 g/mol. The molecule has 2 fully saturated rings. The van der Waals surface area contributed by atoms with Crippen LogP contribution in [0.1, 0.15) is 56.3 Å². The average Bonchev–Trinajstić information content (AvgIpc) is 2.65. The van der Waals surface area contributed by atoms with Gasteiger partial charge in [0.25, 0.3) is 5.91 Å². The summed E-state index contributed by atoms with van der Waals surface area (Å²) in [5.41, 5.74) is 6.63. The molecule has 3 N–H and O–H groups in total. The van der Waals surface area contributed by atoms with E-state index < -0.39 is 0 Å². The van der Waals surface area contributed by atoms with Crippen LogP contribution in [0.5, 0.6) is 5.75 Å². The van der Waals surface area contributed by atoms with E-state index in [9.17, 15) is 9.59 Å². The van der Waals surface area contributed by atoms with E-state index in [0.717, 1.165) is 32.1 Å². The lowest BCUT2D eigenvalue weighted by atomic mass is 9.81. The molecule has 0 saturated carbocycles. The van der Waals surface area contributed by atoms with Gasteiger partial charge in [-0.2, -0.15) is 0 Å². The van der Waals surface area contributed by atoms with Gasteiger partial charge in [0.15, 0.2) is 0 Å². The number of piperidine rings is 2. The number of ether oxygens (including phenoxy) is 2. The first-order chi connectivity index (χ1) is 13.9. The minimum Gasteiger partial charge on any atom is -0.493 e. The summed E-state index contributed by atoms with van der Waals surface area (Å²) in [6.45, 7) is 4.82. The Hall–Kier alpha value is -1.99. The van der Waals surface area contributed by atoms with Crippen molar-refractivity contribution >= 4 is 29.2 Å². The van der Waals surface area contributed by atoms with Gasteiger partial charge in [-0.15, -0.1) is 0 Å². The van der Waals surface area contributed by atoms with E-state index >= 15 is 0 Å². The highest BCUT2D eigenvalue weighted by Gasteiger charge is 2.39. The molecule has 8 heteroatoms. The molecule has 1 aromatic rings. The fourth-order valence-corrected chi connectivity index (χ4v) is 4.66. The zero-order valence-corrected chi connectivity index (χ0v) is 17.8. The van der Waals surface area contributed by atoms with Crippen molar-refractivity contribution in [2.45, 2.75) is 64.1 Å². The number of esters is 1. The van der Waals surface area contributed by atoms with Crippen molar-refractivity contribution in [3.8, 4) is 5.75 Å². The number of anilines is 1.